The minimum Gasteiger partial charge on any atom is -0.394 e. The Morgan fingerprint density at radius 3 is 2.28 bits per heavy atom. The normalized spacial score (nSPS) is 47.6. The summed E-state index contributed by atoms with van der Waals surface area (Å²) in [5, 5.41) is 67.9. The van der Waals surface area contributed by atoms with Gasteiger partial charge in [0.1, 0.15) is 36.6 Å². The van der Waals surface area contributed by atoms with E-state index in [1.165, 1.54) is 0 Å². The largest absolute Gasteiger partial charge is 0.394 e. The molecule has 3 unspecified atom stereocenters. The molecule has 4 rings (SSSR count). The Kier molecular flexibility index (Phi) is 11.7. The van der Waals surface area contributed by atoms with Crippen LogP contribution in [0.5, 0.6) is 0 Å². The van der Waals surface area contributed by atoms with E-state index in [9.17, 15) is 35.4 Å². The molecule has 4 fully saturated rings. The van der Waals surface area contributed by atoms with Crippen LogP contribution >= 0.6 is 0 Å². The van der Waals surface area contributed by atoms with Crippen molar-refractivity contribution in [1.29, 1.82) is 0 Å². The monoisotopic (exact) mass is 623 g/mol. The van der Waals surface area contributed by atoms with Crippen LogP contribution in [-0.2, 0) is 23.7 Å². The van der Waals surface area contributed by atoms with Crippen molar-refractivity contribution < 1.29 is 54.4 Å². The van der Waals surface area contributed by atoms with Crippen molar-refractivity contribution in [2.75, 3.05) is 26.2 Å². The molecule has 16 atom stereocenters. The Morgan fingerprint density at radius 1 is 0.977 bits per heavy atom. The minimum absolute atomic E-state index is 0.00566. The molecule has 18 nitrogen and oxygen atoms in total. The van der Waals surface area contributed by atoms with Gasteiger partial charge in [0.25, 0.3) is 5.91 Å². The number of carbonyl (C=O) groups is 1. The number of carbonyl (C=O) groups excluding carboxylic acids is 1. The standard InChI is InChI=1S/C25H49N7O11/c26-5-9(34)6-31-7-10-1-2-11(27)22(40-10)42-20-12(28)3-13(32-24(38)25(39)4-15(25)29)21(19(20)37)43-23-18(36)16(30)17(35)14(8-33)41-23/h9-23,31,33-37,39H,1-8,26-30H2,(H,32,38)/t9?,10-,11+,12-,13+,14+,15?,16-,17+,18+,19-,20+,21-,22+,23+,25?/m0/s1. The molecule has 0 spiro atoms. The maximum absolute atomic E-state index is 12.9. The van der Waals surface area contributed by atoms with Crippen LogP contribution in [0.25, 0.3) is 0 Å². The van der Waals surface area contributed by atoms with Crippen molar-refractivity contribution >= 4 is 5.91 Å². The summed E-state index contributed by atoms with van der Waals surface area (Å²) in [4.78, 5) is 12.9. The first-order chi connectivity index (χ1) is 20.3. The third kappa shape index (κ3) is 7.80. The number of aliphatic hydroxyl groups is 6. The van der Waals surface area contributed by atoms with Gasteiger partial charge in [0.2, 0.25) is 0 Å². The molecule has 43 heavy (non-hydrogen) atoms. The molecule has 18 N–H and O–H groups in total. The molecule has 0 aromatic carbocycles. The summed E-state index contributed by atoms with van der Waals surface area (Å²) < 4.78 is 23.7. The molecule has 2 heterocycles. The molecule has 2 aliphatic carbocycles. The number of rotatable bonds is 12. The topological polar surface area (TPSA) is 330 Å². The van der Waals surface area contributed by atoms with Gasteiger partial charge in [0.05, 0.1) is 36.9 Å². The minimum atomic E-state index is -1.78. The fourth-order valence-corrected chi connectivity index (χ4v) is 5.76. The van der Waals surface area contributed by atoms with Crippen molar-refractivity contribution in [2.24, 2.45) is 28.7 Å². The average Bonchev–Trinajstić information content (AvgIpc) is 3.61. The first-order valence-electron chi connectivity index (χ1n) is 14.7. The van der Waals surface area contributed by atoms with E-state index < -0.39 is 104 Å². The van der Waals surface area contributed by atoms with Gasteiger partial charge in [-0.2, -0.15) is 0 Å². The fraction of sp³-hybridized carbons (Fsp3) is 0.960. The highest BCUT2D eigenvalue weighted by Gasteiger charge is 2.59. The molecule has 2 saturated heterocycles. The zero-order valence-electron chi connectivity index (χ0n) is 23.9. The summed E-state index contributed by atoms with van der Waals surface area (Å²) in [6, 6.07) is -4.45. The molecular formula is C25H49N7O11. The Labute approximate surface area is 249 Å². The van der Waals surface area contributed by atoms with Gasteiger partial charge >= 0.3 is 0 Å². The van der Waals surface area contributed by atoms with Crippen molar-refractivity contribution in [3.05, 3.63) is 0 Å². The van der Waals surface area contributed by atoms with E-state index >= 15 is 0 Å². The smallest absolute Gasteiger partial charge is 0.253 e. The molecule has 2 saturated carbocycles. The predicted molar refractivity (Wildman–Crippen MR) is 147 cm³/mol. The van der Waals surface area contributed by atoms with Gasteiger partial charge in [0.15, 0.2) is 18.2 Å². The van der Waals surface area contributed by atoms with Crippen molar-refractivity contribution in [1.82, 2.24) is 10.6 Å². The summed E-state index contributed by atoms with van der Waals surface area (Å²) in [6.07, 6.45) is -10.5. The van der Waals surface area contributed by atoms with Crippen LogP contribution in [0.2, 0.25) is 0 Å². The van der Waals surface area contributed by atoms with E-state index in [1.807, 2.05) is 0 Å². The van der Waals surface area contributed by atoms with Crippen LogP contribution in [-0.4, -0.2) is 160 Å². The molecule has 0 aromatic rings. The Bertz CT molecular complexity index is 927. The van der Waals surface area contributed by atoms with Crippen molar-refractivity contribution in [2.45, 2.75) is 123 Å². The van der Waals surface area contributed by atoms with E-state index in [-0.39, 0.29) is 32.0 Å². The zero-order chi connectivity index (χ0) is 31.6. The number of hydrogen-bond donors (Lipinski definition) is 13. The van der Waals surface area contributed by atoms with E-state index in [0.717, 1.165) is 0 Å². The van der Waals surface area contributed by atoms with Crippen LogP contribution in [0.1, 0.15) is 25.7 Å². The van der Waals surface area contributed by atoms with Crippen molar-refractivity contribution in [3.8, 4) is 0 Å². The third-order valence-corrected chi connectivity index (χ3v) is 8.75. The van der Waals surface area contributed by atoms with Gasteiger partial charge < -0.3 is 88.9 Å². The summed E-state index contributed by atoms with van der Waals surface area (Å²) in [7, 11) is 0. The van der Waals surface area contributed by atoms with Crippen LogP contribution in [0, 0.1) is 0 Å². The molecule has 0 bridgehead atoms. The van der Waals surface area contributed by atoms with Gasteiger partial charge in [-0.3, -0.25) is 4.79 Å². The highest BCUT2D eigenvalue weighted by atomic mass is 16.7. The van der Waals surface area contributed by atoms with Crippen molar-refractivity contribution in [3.63, 3.8) is 0 Å². The summed E-state index contributed by atoms with van der Waals surface area (Å²) >= 11 is 0. The Balaban J connectivity index is 1.48. The molecule has 1 amide bonds. The molecule has 0 aromatic heterocycles. The Morgan fingerprint density at radius 2 is 1.65 bits per heavy atom. The number of aliphatic hydroxyl groups excluding tert-OH is 5. The first-order valence-corrected chi connectivity index (χ1v) is 14.7. The van der Waals surface area contributed by atoms with Gasteiger partial charge in [-0.05, 0) is 19.3 Å². The molecule has 0 radical (unpaired) electrons. The summed E-state index contributed by atoms with van der Waals surface area (Å²) in [5.41, 5.74) is 28.0. The lowest BCUT2D eigenvalue weighted by Crippen LogP contribution is -2.69. The highest BCUT2D eigenvalue weighted by molar-refractivity contribution is 5.89. The average molecular weight is 624 g/mol. The van der Waals surface area contributed by atoms with Gasteiger partial charge in [0, 0.05) is 38.1 Å². The van der Waals surface area contributed by atoms with Gasteiger partial charge in [-0.1, -0.05) is 0 Å². The van der Waals surface area contributed by atoms with Gasteiger partial charge in [-0.25, -0.2) is 0 Å². The van der Waals surface area contributed by atoms with Crippen LogP contribution in [0.4, 0.5) is 0 Å². The fourth-order valence-electron chi connectivity index (χ4n) is 5.76. The van der Waals surface area contributed by atoms with Crippen LogP contribution < -0.4 is 39.3 Å². The lowest BCUT2D eigenvalue weighted by atomic mass is 9.83. The second kappa shape index (κ2) is 14.5. The quantitative estimate of drug-likeness (QED) is 0.0959. The molecule has 250 valence electrons. The number of nitrogens with one attached hydrogen (secondary N) is 2. The second-order valence-electron chi connectivity index (χ2n) is 12.1. The van der Waals surface area contributed by atoms with Crippen LogP contribution in [0.15, 0.2) is 0 Å². The molecule has 18 heteroatoms. The summed E-state index contributed by atoms with van der Waals surface area (Å²) in [5.74, 6) is -0.782. The maximum atomic E-state index is 12.9. The van der Waals surface area contributed by atoms with Gasteiger partial charge in [-0.15, -0.1) is 0 Å². The zero-order valence-corrected chi connectivity index (χ0v) is 23.9. The van der Waals surface area contributed by atoms with E-state index in [2.05, 4.69) is 10.6 Å². The highest BCUT2D eigenvalue weighted by Crippen LogP contribution is 2.36. The number of nitrogens with two attached hydrogens (primary N) is 5. The SMILES string of the molecule is NCC(O)CNC[C@@H]1CC[C@@H](N)[C@@H](O[C@H]2[C@H](O)[C@@H](O[C@H]3O[C@H](CO)[C@@H](O)[C@H](N)[C@H]3O)[C@H](NC(=O)C3(O)CC3N)C[C@@H]2N)O1. The molecule has 4 aliphatic rings. The molecular weight excluding hydrogens is 574 g/mol. The number of hydrogen-bond acceptors (Lipinski definition) is 17. The lowest BCUT2D eigenvalue weighted by Gasteiger charge is -2.48. The lowest BCUT2D eigenvalue weighted by molar-refractivity contribution is -0.314. The Hall–Kier alpha value is -1.17. The number of ether oxygens (including phenoxy) is 4. The van der Waals surface area contributed by atoms with E-state index in [4.69, 9.17) is 47.6 Å². The van der Waals surface area contributed by atoms with E-state index in [0.29, 0.717) is 19.4 Å². The maximum Gasteiger partial charge on any atom is 0.253 e. The number of amides is 1. The van der Waals surface area contributed by atoms with E-state index in [1.54, 1.807) is 0 Å². The predicted octanol–water partition coefficient (Wildman–Crippen LogP) is -7.70. The van der Waals surface area contributed by atoms with Crippen LogP contribution in [0.3, 0.4) is 0 Å². The third-order valence-electron chi connectivity index (χ3n) is 8.75. The second-order valence-corrected chi connectivity index (χ2v) is 12.1. The molecule has 2 aliphatic heterocycles. The first kappa shape index (κ1) is 34.7. The summed E-state index contributed by atoms with van der Waals surface area (Å²) in [6.45, 7) is 0.149.